The van der Waals surface area contributed by atoms with Crippen LogP contribution in [0.1, 0.15) is 0 Å². The number of hydrogen-bond acceptors (Lipinski definition) is 5. The van der Waals surface area contributed by atoms with Crippen LogP contribution in [0.25, 0.3) is 10.8 Å². The first kappa shape index (κ1) is 21.4. The predicted octanol–water partition coefficient (Wildman–Crippen LogP) is 3.27. The summed E-state index contributed by atoms with van der Waals surface area (Å²) in [5.41, 5.74) is 0.582. The molecule has 0 bridgehead atoms. The number of carbonyl (C=O) groups is 1. The minimum Gasteiger partial charge on any atom is -0.383 e. The van der Waals surface area contributed by atoms with Crippen molar-refractivity contribution in [3.63, 3.8) is 0 Å². The average molecular weight is 478 g/mol. The van der Waals surface area contributed by atoms with Crippen molar-refractivity contribution in [2.75, 3.05) is 32.1 Å². The number of anilines is 1. The normalized spacial score (nSPS) is 11.7. The highest BCUT2D eigenvalue weighted by Gasteiger charge is 2.28. The van der Waals surface area contributed by atoms with E-state index < -0.39 is 15.9 Å². The van der Waals surface area contributed by atoms with Gasteiger partial charge < -0.3 is 10.1 Å². The van der Waals surface area contributed by atoms with Gasteiger partial charge in [0.05, 0.1) is 18.0 Å². The van der Waals surface area contributed by atoms with E-state index in [0.29, 0.717) is 16.5 Å². The van der Waals surface area contributed by atoms with Crippen molar-refractivity contribution in [1.82, 2.24) is 9.29 Å². The Morgan fingerprint density at radius 3 is 2.66 bits per heavy atom. The Labute approximate surface area is 177 Å². The van der Waals surface area contributed by atoms with Crippen LogP contribution in [0.2, 0.25) is 0 Å². The van der Waals surface area contributed by atoms with Gasteiger partial charge in [-0.25, -0.2) is 8.42 Å². The van der Waals surface area contributed by atoms with E-state index in [-0.39, 0.29) is 24.6 Å². The molecule has 0 spiro atoms. The number of sulfonamides is 1. The zero-order valence-corrected chi connectivity index (χ0v) is 18.1. The van der Waals surface area contributed by atoms with Crippen LogP contribution in [-0.4, -0.2) is 50.4 Å². The van der Waals surface area contributed by atoms with Crippen molar-refractivity contribution in [1.29, 1.82) is 0 Å². The fourth-order valence-electron chi connectivity index (χ4n) is 2.83. The largest absolute Gasteiger partial charge is 0.383 e. The smallest absolute Gasteiger partial charge is 0.244 e. The molecule has 3 aromatic rings. The van der Waals surface area contributed by atoms with Gasteiger partial charge in [0, 0.05) is 47.0 Å². The Balaban J connectivity index is 1.88. The second kappa shape index (κ2) is 9.45. The van der Waals surface area contributed by atoms with Crippen LogP contribution in [-0.2, 0) is 19.6 Å². The first-order chi connectivity index (χ1) is 13.9. The minimum atomic E-state index is -3.94. The maximum absolute atomic E-state index is 13.3. The summed E-state index contributed by atoms with van der Waals surface area (Å²) >= 11 is 3.33. The molecule has 0 saturated heterocycles. The number of benzene rings is 2. The second-order valence-corrected chi connectivity index (χ2v) is 9.06. The summed E-state index contributed by atoms with van der Waals surface area (Å²) in [6.45, 7) is -0.117. The monoisotopic (exact) mass is 477 g/mol. The van der Waals surface area contributed by atoms with E-state index in [9.17, 15) is 13.2 Å². The van der Waals surface area contributed by atoms with Gasteiger partial charge in [-0.1, -0.05) is 28.1 Å². The lowest BCUT2D eigenvalue weighted by atomic mass is 10.2. The number of pyridine rings is 1. The quantitative estimate of drug-likeness (QED) is 0.537. The van der Waals surface area contributed by atoms with E-state index in [4.69, 9.17) is 4.74 Å². The van der Waals surface area contributed by atoms with Gasteiger partial charge in [-0.3, -0.25) is 9.78 Å². The molecule has 1 aromatic heterocycles. The van der Waals surface area contributed by atoms with Crippen LogP contribution < -0.4 is 5.32 Å². The zero-order chi connectivity index (χ0) is 20.9. The molecule has 0 aliphatic carbocycles. The Morgan fingerprint density at radius 2 is 1.93 bits per heavy atom. The van der Waals surface area contributed by atoms with E-state index in [1.165, 1.54) is 13.2 Å². The average Bonchev–Trinajstić information content (AvgIpc) is 2.72. The molecule has 0 unspecified atom stereocenters. The van der Waals surface area contributed by atoms with E-state index in [1.807, 2.05) is 0 Å². The third kappa shape index (κ3) is 5.18. The number of rotatable bonds is 8. The Kier molecular flexibility index (Phi) is 6.96. The van der Waals surface area contributed by atoms with E-state index >= 15 is 0 Å². The maximum atomic E-state index is 13.3. The molecule has 0 aliphatic heterocycles. The molecule has 29 heavy (non-hydrogen) atoms. The second-order valence-electron chi connectivity index (χ2n) is 6.24. The van der Waals surface area contributed by atoms with E-state index in [0.717, 1.165) is 8.78 Å². The SMILES string of the molecule is COCCN(CC(=O)Nc1ccc(Br)cc1)S(=O)(=O)c1cccc2cnccc12. The molecule has 0 fully saturated rings. The summed E-state index contributed by atoms with van der Waals surface area (Å²) in [6, 6.07) is 13.7. The Bertz CT molecular complexity index is 1100. The lowest BCUT2D eigenvalue weighted by Gasteiger charge is -2.22. The van der Waals surface area contributed by atoms with Gasteiger partial charge in [0.1, 0.15) is 0 Å². The summed E-state index contributed by atoms with van der Waals surface area (Å²) in [5, 5.41) is 3.98. The van der Waals surface area contributed by atoms with Crippen molar-refractivity contribution in [2.24, 2.45) is 0 Å². The topological polar surface area (TPSA) is 88.6 Å². The van der Waals surface area contributed by atoms with Crippen molar-refractivity contribution < 1.29 is 17.9 Å². The third-order valence-electron chi connectivity index (χ3n) is 4.25. The molecule has 0 radical (unpaired) electrons. The summed E-state index contributed by atoms with van der Waals surface area (Å²) in [5.74, 6) is -0.436. The Hall–Kier alpha value is -2.33. The van der Waals surface area contributed by atoms with Gasteiger partial charge in [-0.2, -0.15) is 4.31 Å². The number of nitrogens with zero attached hydrogens (tertiary/aromatic N) is 2. The molecule has 1 heterocycles. The van der Waals surface area contributed by atoms with Crippen molar-refractivity contribution in [3.05, 3.63) is 65.4 Å². The number of fused-ring (bicyclic) bond motifs is 1. The van der Waals surface area contributed by atoms with E-state index in [1.54, 1.807) is 54.9 Å². The van der Waals surface area contributed by atoms with Gasteiger partial charge in [0.2, 0.25) is 15.9 Å². The number of aromatic nitrogens is 1. The van der Waals surface area contributed by atoms with Crippen LogP contribution in [0.5, 0.6) is 0 Å². The van der Waals surface area contributed by atoms with Crippen LogP contribution >= 0.6 is 15.9 Å². The Morgan fingerprint density at radius 1 is 1.17 bits per heavy atom. The molecule has 0 aliphatic rings. The molecular formula is C20H20BrN3O4S. The first-order valence-corrected chi connectivity index (χ1v) is 11.0. The van der Waals surface area contributed by atoms with Crippen LogP contribution in [0.3, 0.4) is 0 Å². The predicted molar refractivity (Wildman–Crippen MR) is 115 cm³/mol. The summed E-state index contributed by atoms with van der Waals surface area (Å²) in [6.07, 6.45) is 3.15. The summed E-state index contributed by atoms with van der Waals surface area (Å²) < 4.78 is 33.8. The fraction of sp³-hybridized carbons (Fsp3) is 0.200. The number of carbonyl (C=O) groups excluding carboxylic acids is 1. The highest BCUT2D eigenvalue weighted by atomic mass is 79.9. The number of hydrogen-bond donors (Lipinski definition) is 1. The number of nitrogens with one attached hydrogen (secondary N) is 1. The van der Waals surface area contributed by atoms with Gasteiger partial charge in [-0.15, -0.1) is 0 Å². The molecule has 7 nitrogen and oxygen atoms in total. The highest BCUT2D eigenvalue weighted by Crippen LogP contribution is 2.25. The van der Waals surface area contributed by atoms with Gasteiger partial charge in [0.25, 0.3) is 0 Å². The number of ether oxygens (including phenoxy) is 1. The van der Waals surface area contributed by atoms with Crippen LogP contribution in [0, 0.1) is 0 Å². The highest BCUT2D eigenvalue weighted by molar-refractivity contribution is 9.10. The number of methoxy groups -OCH3 is 1. The molecule has 0 atom stereocenters. The maximum Gasteiger partial charge on any atom is 0.244 e. The lowest BCUT2D eigenvalue weighted by molar-refractivity contribution is -0.116. The van der Waals surface area contributed by atoms with Gasteiger partial charge in [-0.05, 0) is 36.4 Å². The van der Waals surface area contributed by atoms with Gasteiger partial charge >= 0.3 is 0 Å². The lowest BCUT2D eigenvalue weighted by Crippen LogP contribution is -2.40. The molecule has 9 heteroatoms. The fourth-order valence-corrected chi connectivity index (χ4v) is 4.69. The molecule has 3 rings (SSSR count). The summed E-state index contributed by atoms with van der Waals surface area (Å²) in [4.78, 5) is 16.7. The summed E-state index contributed by atoms with van der Waals surface area (Å²) in [7, 11) is -2.45. The zero-order valence-electron chi connectivity index (χ0n) is 15.7. The molecule has 0 saturated carbocycles. The van der Waals surface area contributed by atoms with Crippen molar-refractivity contribution in [2.45, 2.75) is 4.90 Å². The van der Waals surface area contributed by atoms with Crippen molar-refractivity contribution in [3.8, 4) is 0 Å². The minimum absolute atomic E-state index is 0.0497. The molecular weight excluding hydrogens is 458 g/mol. The molecule has 2 aromatic carbocycles. The standard InChI is InChI=1S/C20H20BrN3O4S/c1-28-12-11-24(14-20(25)23-17-7-5-16(21)6-8-17)29(26,27)19-4-2-3-15-13-22-10-9-18(15)19/h2-10,13H,11-12,14H2,1H3,(H,23,25). The van der Waals surface area contributed by atoms with Crippen molar-refractivity contribution >= 4 is 48.3 Å². The number of amides is 1. The molecule has 152 valence electrons. The van der Waals surface area contributed by atoms with Crippen LogP contribution in [0.4, 0.5) is 5.69 Å². The number of halogens is 1. The molecule has 1 N–H and O–H groups in total. The first-order valence-electron chi connectivity index (χ1n) is 8.79. The third-order valence-corrected chi connectivity index (χ3v) is 6.68. The van der Waals surface area contributed by atoms with E-state index in [2.05, 4.69) is 26.2 Å². The molecule has 1 amide bonds. The van der Waals surface area contributed by atoms with Crippen LogP contribution in [0.15, 0.2) is 70.3 Å². The van der Waals surface area contributed by atoms with Gasteiger partial charge in [0.15, 0.2) is 0 Å².